The molecule has 0 saturated carbocycles. The lowest BCUT2D eigenvalue weighted by Gasteiger charge is -2.12. The Labute approximate surface area is 123 Å². The van der Waals surface area contributed by atoms with Crippen LogP contribution in [0.25, 0.3) is 6.08 Å². The molecule has 1 fully saturated rings. The van der Waals surface area contributed by atoms with Crippen molar-refractivity contribution >= 4 is 46.0 Å². The number of benzene rings is 1. The summed E-state index contributed by atoms with van der Waals surface area (Å²) in [6.07, 6.45) is 1.90. The quantitative estimate of drug-likeness (QED) is 0.631. The molecule has 0 aliphatic carbocycles. The molecule has 1 saturated heterocycles. The van der Waals surface area contributed by atoms with Gasteiger partial charge in [-0.2, -0.15) is 0 Å². The first-order valence-corrected chi connectivity index (χ1v) is 7.28. The van der Waals surface area contributed by atoms with Crippen LogP contribution in [0.4, 0.5) is 5.69 Å². The van der Waals surface area contributed by atoms with E-state index in [1.165, 1.54) is 11.8 Å². The Hall–Kier alpha value is -1.33. The van der Waals surface area contributed by atoms with Gasteiger partial charge in [0.1, 0.15) is 4.32 Å². The number of thiocarbonyl (C=S) groups is 1. The fourth-order valence-electron chi connectivity index (χ4n) is 1.79. The van der Waals surface area contributed by atoms with Gasteiger partial charge in [0, 0.05) is 26.3 Å². The van der Waals surface area contributed by atoms with Crippen LogP contribution in [-0.2, 0) is 4.79 Å². The van der Waals surface area contributed by atoms with Crippen LogP contribution in [0.3, 0.4) is 0 Å². The molecule has 1 amide bonds. The molecular formula is C14H16N2OS2. The maximum absolute atomic E-state index is 12.1. The molecule has 0 atom stereocenters. The molecule has 0 aromatic heterocycles. The summed E-state index contributed by atoms with van der Waals surface area (Å²) in [6.45, 7) is 2.56. The zero-order valence-electron chi connectivity index (χ0n) is 11.2. The van der Waals surface area contributed by atoms with Crippen molar-refractivity contribution in [2.45, 2.75) is 6.92 Å². The maximum Gasteiger partial charge on any atom is 0.266 e. The molecular weight excluding hydrogens is 276 g/mol. The molecule has 5 heteroatoms. The van der Waals surface area contributed by atoms with Crippen LogP contribution >= 0.6 is 24.0 Å². The molecule has 3 nitrogen and oxygen atoms in total. The Morgan fingerprint density at radius 2 is 1.95 bits per heavy atom. The number of carbonyl (C=O) groups excluding carboxylic acids is 1. The van der Waals surface area contributed by atoms with Crippen LogP contribution in [0.5, 0.6) is 0 Å². The summed E-state index contributed by atoms with van der Waals surface area (Å²) in [5, 5.41) is 0. The topological polar surface area (TPSA) is 23.6 Å². The second kappa shape index (κ2) is 5.75. The SMILES string of the molecule is CCN1C(=O)C(=Cc2ccc(N(C)C)cc2)SC1=S. The van der Waals surface area contributed by atoms with Crippen molar-refractivity contribution < 1.29 is 4.79 Å². The normalized spacial score (nSPS) is 17.4. The first-order valence-electron chi connectivity index (χ1n) is 6.05. The molecule has 1 heterocycles. The molecule has 0 spiro atoms. The van der Waals surface area contributed by atoms with E-state index in [0.717, 1.165) is 11.3 Å². The molecule has 0 bridgehead atoms. The minimum atomic E-state index is 0.00851. The fraction of sp³-hybridized carbons (Fsp3) is 0.286. The van der Waals surface area contributed by atoms with Gasteiger partial charge in [0.05, 0.1) is 4.91 Å². The number of thioether (sulfide) groups is 1. The number of anilines is 1. The second-order valence-electron chi connectivity index (χ2n) is 4.41. The summed E-state index contributed by atoms with van der Waals surface area (Å²) in [4.78, 5) is 16.4. The van der Waals surface area contributed by atoms with Crippen molar-refractivity contribution in [3.63, 3.8) is 0 Å². The Bertz CT molecular complexity index is 535. The van der Waals surface area contributed by atoms with Gasteiger partial charge in [-0.05, 0) is 30.7 Å². The zero-order valence-corrected chi connectivity index (χ0v) is 12.8. The Kier molecular flexibility index (Phi) is 4.27. The molecule has 2 rings (SSSR count). The van der Waals surface area contributed by atoms with Gasteiger partial charge in [-0.25, -0.2) is 0 Å². The molecule has 1 aromatic rings. The maximum atomic E-state index is 12.1. The summed E-state index contributed by atoms with van der Waals surface area (Å²) in [5.74, 6) is 0.00851. The van der Waals surface area contributed by atoms with E-state index in [9.17, 15) is 4.79 Å². The summed E-state index contributed by atoms with van der Waals surface area (Å²) >= 11 is 6.56. The lowest BCUT2D eigenvalue weighted by molar-refractivity contribution is -0.121. The van der Waals surface area contributed by atoms with Crippen LogP contribution in [0.15, 0.2) is 29.2 Å². The number of hydrogen-bond donors (Lipinski definition) is 0. The van der Waals surface area contributed by atoms with Gasteiger partial charge in [-0.3, -0.25) is 9.69 Å². The number of carbonyl (C=O) groups is 1. The van der Waals surface area contributed by atoms with E-state index in [1.54, 1.807) is 4.90 Å². The van der Waals surface area contributed by atoms with Crippen molar-refractivity contribution in [3.05, 3.63) is 34.7 Å². The Balaban J connectivity index is 2.22. The smallest absolute Gasteiger partial charge is 0.266 e. The Morgan fingerprint density at radius 1 is 1.32 bits per heavy atom. The lowest BCUT2D eigenvalue weighted by atomic mass is 10.2. The van der Waals surface area contributed by atoms with Gasteiger partial charge in [0.2, 0.25) is 0 Å². The van der Waals surface area contributed by atoms with E-state index in [2.05, 4.69) is 0 Å². The summed E-state index contributed by atoms with van der Waals surface area (Å²) < 4.78 is 0.642. The van der Waals surface area contributed by atoms with Crippen molar-refractivity contribution in [2.75, 3.05) is 25.5 Å². The van der Waals surface area contributed by atoms with E-state index in [4.69, 9.17) is 12.2 Å². The molecule has 19 heavy (non-hydrogen) atoms. The molecule has 1 aromatic carbocycles. The third-order valence-corrected chi connectivity index (χ3v) is 4.27. The summed E-state index contributed by atoms with van der Waals surface area (Å²) in [5.41, 5.74) is 2.15. The Morgan fingerprint density at radius 3 is 2.42 bits per heavy atom. The average molecular weight is 292 g/mol. The highest BCUT2D eigenvalue weighted by Gasteiger charge is 2.30. The predicted octanol–water partition coefficient (Wildman–Crippen LogP) is 2.97. The van der Waals surface area contributed by atoms with Gasteiger partial charge >= 0.3 is 0 Å². The number of likely N-dealkylation sites (N-methyl/N-ethyl adjacent to an activating group) is 1. The van der Waals surface area contributed by atoms with Gasteiger partial charge < -0.3 is 4.90 Å². The molecule has 1 aliphatic heterocycles. The van der Waals surface area contributed by atoms with Crippen LogP contribution < -0.4 is 4.90 Å². The van der Waals surface area contributed by atoms with E-state index >= 15 is 0 Å². The highest BCUT2D eigenvalue weighted by molar-refractivity contribution is 8.26. The van der Waals surface area contributed by atoms with Gasteiger partial charge in [-0.1, -0.05) is 36.1 Å². The number of rotatable bonds is 3. The van der Waals surface area contributed by atoms with Crippen molar-refractivity contribution in [2.24, 2.45) is 0 Å². The number of hydrogen-bond acceptors (Lipinski definition) is 4. The van der Waals surface area contributed by atoms with Gasteiger partial charge in [0.25, 0.3) is 5.91 Å². The van der Waals surface area contributed by atoms with E-state index < -0.39 is 0 Å². The van der Waals surface area contributed by atoms with Gasteiger partial charge in [-0.15, -0.1) is 0 Å². The first-order chi connectivity index (χ1) is 9.02. The van der Waals surface area contributed by atoms with E-state index in [0.29, 0.717) is 15.8 Å². The molecule has 0 radical (unpaired) electrons. The number of nitrogens with zero attached hydrogens (tertiary/aromatic N) is 2. The van der Waals surface area contributed by atoms with Crippen LogP contribution in [-0.4, -0.2) is 35.8 Å². The third kappa shape index (κ3) is 2.98. The first kappa shape index (κ1) is 14.1. The van der Waals surface area contributed by atoms with Crippen LogP contribution in [0, 0.1) is 0 Å². The molecule has 100 valence electrons. The summed E-state index contributed by atoms with van der Waals surface area (Å²) in [7, 11) is 4.00. The fourth-order valence-corrected chi connectivity index (χ4v) is 3.18. The largest absolute Gasteiger partial charge is 0.378 e. The standard InChI is InChI=1S/C14H16N2OS2/c1-4-16-13(17)12(19-14(16)18)9-10-5-7-11(8-6-10)15(2)3/h5-9H,4H2,1-3H3. The predicted molar refractivity (Wildman–Crippen MR) is 86.3 cm³/mol. The average Bonchev–Trinajstić information content (AvgIpc) is 2.64. The second-order valence-corrected chi connectivity index (χ2v) is 6.09. The minimum absolute atomic E-state index is 0.00851. The van der Waals surface area contributed by atoms with Crippen molar-refractivity contribution in [3.8, 4) is 0 Å². The molecule has 0 N–H and O–H groups in total. The van der Waals surface area contributed by atoms with Gasteiger partial charge in [0.15, 0.2) is 0 Å². The highest BCUT2D eigenvalue weighted by atomic mass is 32.2. The highest BCUT2D eigenvalue weighted by Crippen LogP contribution is 2.32. The molecule has 0 unspecified atom stereocenters. The van der Waals surface area contributed by atoms with Crippen LogP contribution in [0.2, 0.25) is 0 Å². The van der Waals surface area contributed by atoms with E-state index in [-0.39, 0.29) is 5.91 Å². The monoisotopic (exact) mass is 292 g/mol. The van der Waals surface area contributed by atoms with Crippen LogP contribution in [0.1, 0.15) is 12.5 Å². The minimum Gasteiger partial charge on any atom is -0.378 e. The molecule has 1 aliphatic rings. The third-order valence-electron chi connectivity index (χ3n) is 2.90. The number of amides is 1. The van der Waals surface area contributed by atoms with Crippen molar-refractivity contribution in [1.82, 2.24) is 4.90 Å². The zero-order chi connectivity index (χ0) is 14.0. The van der Waals surface area contributed by atoms with E-state index in [1.807, 2.05) is 56.3 Å². The summed E-state index contributed by atoms with van der Waals surface area (Å²) in [6, 6.07) is 8.08. The lowest BCUT2D eigenvalue weighted by Crippen LogP contribution is -2.27. The van der Waals surface area contributed by atoms with Crippen molar-refractivity contribution in [1.29, 1.82) is 0 Å².